The first kappa shape index (κ1) is 13.6. The van der Waals surface area contributed by atoms with E-state index >= 15 is 0 Å². The Balaban J connectivity index is 1.93. The molecule has 1 fully saturated rings. The van der Waals surface area contributed by atoms with E-state index in [0.717, 1.165) is 39.0 Å². The third-order valence-corrected chi connectivity index (χ3v) is 4.51. The van der Waals surface area contributed by atoms with Crippen molar-refractivity contribution in [3.8, 4) is 0 Å². The molecule has 1 aliphatic heterocycles. The van der Waals surface area contributed by atoms with Crippen LogP contribution >= 0.6 is 11.3 Å². The topological polar surface area (TPSA) is 32.3 Å². The van der Waals surface area contributed by atoms with Gasteiger partial charge in [-0.15, -0.1) is 11.3 Å². The van der Waals surface area contributed by atoms with Crippen LogP contribution in [0.5, 0.6) is 0 Å². The number of nitrogens with zero attached hydrogens (tertiary/aromatic N) is 1. The number of hydrogen-bond donors (Lipinski definition) is 1. The maximum Gasteiger partial charge on any atom is 0.223 e. The predicted octanol–water partition coefficient (Wildman–Crippen LogP) is 2.45. The van der Waals surface area contributed by atoms with Gasteiger partial charge in [0.15, 0.2) is 0 Å². The average Bonchev–Trinajstić information content (AvgIpc) is 2.93. The third kappa shape index (κ3) is 3.56. The molecule has 1 aromatic heterocycles. The van der Waals surface area contributed by atoms with Gasteiger partial charge in [-0.1, -0.05) is 19.4 Å². The largest absolute Gasteiger partial charge is 0.340 e. The highest BCUT2D eigenvalue weighted by Crippen LogP contribution is 2.29. The number of nitrogens with one attached hydrogen (secondary N) is 1. The van der Waals surface area contributed by atoms with Gasteiger partial charge in [-0.05, 0) is 17.9 Å². The fourth-order valence-electron chi connectivity index (χ4n) is 2.47. The van der Waals surface area contributed by atoms with Crippen LogP contribution in [0.25, 0.3) is 0 Å². The minimum Gasteiger partial charge on any atom is -0.340 e. The van der Waals surface area contributed by atoms with Crippen LogP contribution in [0, 0.1) is 0 Å². The summed E-state index contributed by atoms with van der Waals surface area (Å²) in [6.45, 7) is 5.78. The smallest absolute Gasteiger partial charge is 0.223 e. The second kappa shape index (κ2) is 6.90. The number of carbonyl (C=O) groups is 1. The van der Waals surface area contributed by atoms with Crippen molar-refractivity contribution in [1.82, 2.24) is 10.2 Å². The highest BCUT2D eigenvalue weighted by molar-refractivity contribution is 7.10. The summed E-state index contributed by atoms with van der Waals surface area (Å²) in [5, 5.41) is 5.39. The van der Waals surface area contributed by atoms with Crippen LogP contribution in [0.15, 0.2) is 17.5 Å². The molecule has 0 saturated carbocycles. The molecule has 0 radical (unpaired) electrons. The Morgan fingerprint density at radius 2 is 2.28 bits per heavy atom. The average molecular weight is 266 g/mol. The van der Waals surface area contributed by atoms with Gasteiger partial charge in [0.1, 0.15) is 0 Å². The lowest BCUT2D eigenvalue weighted by atomic mass is 9.97. The van der Waals surface area contributed by atoms with E-state index < -0.39 is 0 Å². The lowest BCUT2D eigenvalue weighted by Gasteiger charge is -2.29. The Kier molecular flexibility index (Phi) is 5.20. The summed E-state index contributed by atoms with van der Waals surface area (Å²) in [5.41, 5.74) is 0. The van der Waals surface area contributed by atoms with E-state index in [4.69, 9.17) is 0 Å². The fourth-order valence-corrected chi connectivity index (χ4v) is 3.34. The van der Waals surface area contributed by atoms with E-state index in [9.17, 15) is 4.79 Å². The molecule has 0 aliphatic carbocycles. The second-order valence-corrected chi connectivity index (χ2v) is 5.82. The zero-order valence-electron chi connectivity index (χ0n) is 11.0. The summed E-state index contributed by atoms with van der Waals surface area (Å²) in [6, 6.07) is 4.24. The maximum absolute atomic E-state index is 12.3. The summed E-state index contributed by atoms with van der Waals surface area (Å²) >= 11 is 1.78. The Morgan fingerprint density at radius 3 is 2.89 bits per heavy atom. The summed E-state index contributed by atoms with van der Waals surface area (Å²) in [7, 11) is 0. The molecule has 1 aliphatic rings. The number of hydrogen-bond acceptors (Lipinski definition) is 3. The molecule has 0 bridgehead atoms. The SMILES string of the molecule is CCCC(CC(=O)N1CCNCC1)c1cccs1. The Morgan fingerprint density at radius 1 is 1.50 bits per heavy atom. The van der Waals surface area contributed by atoms with E-state index in [-0.39, 0.29) is 0 Å². The Labute approximate surface area is 113 Å². The van der Waals surface area contributed by atoms with Crippen molar-refractivity contribution in [2.24, 2.45) is 0 Å². The predicted molar refractivity (Wildman–Crippen MR) is 76.0 cm³/mol. The molecular weight excluding hydrogens is 244 g/mol. The molecule has 1 amide bonds. The molecule has 1 saturated heterocycles. The van der Waals surface area contributed by atoms with Crippen LogP contribution in [0.3, 0.4) is 0 Å². The lowest BCUT2D eigenvalue weighted by molar-refractivity contribution is -0.132. The molecule has 0 aromatic carbocycles. The molecule has 2 rings (SSSR count). The van der Waals surface area contributed by atoms with Gasteiger partial charge in [0.2, 0.25) is 5.91 Å². The molecule has 18 heavy (non-hydrogen) atoms. The number of thiophene rings is 1. The van der Waals surface area contributed by atoms with Gasteiger partial charge in [-0.25, -0.2) is 0 Å². The molecule has 4 heteroatoms. The van der Waals surface area contributed by atoms with Crippen LogP contribution in [0.1, 0.15) is 37.0 Å². The molecular formula is C14H22N2OS. The maximum atomic E-state index is 12.3. The number of rotatable bonds is 5. The van der Waals surface area contributed by atoms with Crippen LogP contribution in [0.2, 0.25) is 0 Å². The van der Waals surface area contributed by atoms with Crippen LogP contribution in [0.4, 0.5) is 0 Å². The van der Waals surface area contributed by atoms with Crippen molar-refractivity contribution in [2.75, 3.05) is 26.2 Å². The van der Waals surface area contributed by atoms with E-state index in [1.54, 1.807) is 11.3 Å². The molecule has 1 aromatic rings. The second-order valence-electron chi connectivity index (χ2n) is 4.84. The zero-order chi connectivity index (χ0) is 12.8. The standard InChI is InChI=1S/C14H22N2OS/c1-2-4-12(13-5-3-10-18-13)11-14(17)16-8-6-15-7-9-16/h3,5,10,12,15H,2,4,6-9,11H2,1H3. The van der Waals surface area contributed by atoms with Gasteiger partial charge < -0.3 is 10.2 Å². The van der Waals surface area contributed by atoms with E-state index in [1.807, 2.05) is 4.90 Å². The first-order chi connectivity index (χ1) is 8.81. The van der Waals surface area contributed by atoms with Crippen molar-refractivity contribution in [1.29, 1.82) is 0 Å². The summed E-state index contributed by atoms with van der Waals surface area (Å²) in [6.07, 6.45) is 2.92. The highest BCUT2D eigenvalue weighted by Gasteiger charge is 2.21. The highest BCUT2D eigenvalue weighted by atomic mass is 32.1. The van der Waals surface area contributed by atoms with Gasteiger partial charge in [0, 0.05) is 43.4 Å². The lowest BCUT2D eigenvalue weighted by Crippen LogP contribution is -2.46. The minimum absolute atomic E-state index is 0.323. The minimum atomic E-state index is 0.323. The van der Waals surface area contributed by atoms with E-state index in [2.05, 4.69) is 29.8 Å². The zero-order valence-corrected chi connectivity index (χ0v) is 11.8. The molecule has 1 atom stereocenters. The third-order valence-electron chi connectivity index (χ3n) is 3.47. The molecule has 3 nitrogen and oxygen atoms in total. The van der Waals surface area contributed by atoms with Crippen LogP contribution in [-0.4, -0.2) is 37.0 Å². The number of amides is 1. The van der Waals surface area contributed by atoms with Crippen molar-refractivity contribution >= 4 is 17.2 Å². The number of piperazine rings is 1. The van der Waals surface area contributed by atoms with Crippen LogP contribution < -0.4 is 5.32 Å². The monoisotopic (exact) mass is 266 g/mol. The van der Waals surface area contributed by atoms with Gasteiger partial charge in [-0.2, -0.15) is 0 Å². The van der Waals surface area contributed by atoms with Crippen molar-refractivity contribution in [3.63, 3.8) is 0 Å². The summed E-state index contributed by atoms with van der Waals surface area (Å²) in [5.74, 6) is 0.737. The van der Waals surface area contributed by atoms with Crippen molar-refractivity contribution in [2.45, 2.75) is 32.1 Å². The van der Waals surface area contributed by atoms with E-state index in [1.165, 1.54) is 4.88 Å². The molecule has 2 heterocycles. The van der Waals surface area contributed by atoms with Gasteiger partial charge in [0.25, 0.3) is 0 Å². The van der Waals surface area contributed by atoms with Crippen molar-refractivity contribution < 1.29 is 4.79 Å². The first-order valence-corrected chi connectivity index (χ1v) is 7.71. The van der Waals surface area contributed by atoms with Gasteiger partial charge in [-0.3, -0.25) is 4.79 Å². The summed E-state index contributed by atoms with van der Waals surface area (Å²) in [4.78, 5) is 15.6. The van der Waals surface area contributed by atoms with Crippen LogP contribution in [-0.2, 0) is 4.79 Å². The fraction of sp³-hybridized carbons (Fsp3) is 0.643. The van der Waals surface area contributed by atoms with Gasteiger partial charge in [0.05, 0.1) is 0 Å². The summed E-state index contributed by atoms with van der Waals surface area (Å²) < 4.78 is 0. The van der Waals surface area contributed by atoms with Crippen molar-refractivity contribution in [3.05, 3.63) is 22.4 Å². The first-order valence-electron chi connectivity index (χ1n) is 6.83. The van der Waals surface area contributed by atoms with Gasteiger partial charge >= 0.3 is 0 Å². The normalized spacial score (nSPS) is 17.7. The van der Waals surface area contributed by atoms with E-state index in [0.29, 0.717) is 18.2 Å². The molecule has 0 spiro atoms. The Bertz CT molecular complexity index is 358. The Hall–Kier alpha value is -0.870. The molecule has 100 valence electrons. The quantitative estimate of drug-likeness (QED) is 0.888. The molecule has 1 unspecified atom stereocenters. The number of carbonyl (C=O) groups excluding carboxylic acids is 1. The molecule has 1 N–H and O–H groups in total.